The monoisotopic (exact) mass is 450 g/mol. The number of hydrogen-bond acceptors (Lipinski definition) is 5. The second-order valence-corrected chi connectivity index (χ2v) is 8.35. The average molecular weight is 451 g/mol. The Morgan fingerprint density at radius 1 is 1.00 bits per heavy atom. The Bertz CT molecular complexity index is 1200. The smallest absolute Gasteiger partial charge is 0.234 e. The fraction of sp³-hybridized carbons (Fsp3) is 0.0870. The molecule has 0 fully saturated rings. The van der Waals surface area contributed by atoms with E-state index in [-0.39, 0.29) is 17.5 Å². The van der Waals surface area contributed by atoms with Gasteiger partial charge in [0.2, 0.25) is 5.91 Å². The van der Waals surface area contributed by atoms with E-state index >= 15 is 0 Å². The Hall–Kier alpha value is -3.10. The van der Waals surface area contributed by atoms with Gasteiger partial charge in [0.25, 0.3) is 0 Å². The highest BCUT2D eigenvalue weighted by Crippen LogP contribution is 2.29. The van der Waals surface area contributed by atoms with Gasteiger partial charge in [-0.2, -0.15) is 0 Å². The third-order valence-electron chi connectivity index (χ3n) is 4.45. The van der Waals surface area contributed by atoms with Gasteiger partial charge in [-0.05, 0) is 48.7 Å². The highest BCUT2D eigenvalue weighted by Gasteiger charge is 2.19. The maximum absolute atomic E-state index is 14.4. The number of nitrogens with one attached hydrogen (secondary N) is 1. The number of amides is 1. The van der Waals surface area contributed by atoms with Gasteiger partial charge in [0.1, 0.15) is 5.82 Å². The van der Waals surface area contributed by atoms with E-state index in [0.717, 1.165) is 16.3 Å². The minimum atomic E-state index is -0.380. The summed E-state index contributed by atoms with van der Waals surface area (Å²) in [5.41, 5.74) is 1.89. The van der Waals surface area contributed by atoms with Crippen LogP contribution in [0.4, 0.5) is 10.1 Å². The molecule has 0 aliphatic heterocycles. The molecule has 8 heteroatoms. The van der Waals surface area contributed by atoms with E-state index in [9.17, 15) is 9.18 Å². The van der Waals surface area contributed by atoms with Gasteiger partial charge in [-0.3, -0.25) is 9.36 Å². The van der Waals surface area contributed by atoms with Crippen molar-refractivity contribution in [2.75, 3.05) is 17.3 Å². The van der Waals surface area contributed by atoms with E-state index in [1.54, 1.807) is 34.5 Å². The number of nitrogens with zero attached hydrogens (tertiary/aromatic N) is 3. The predicted molar refractivity (Wildman–Crippen MR) is 124 cm³/mol. The summed E-state index contributed by atoms with van der Waals surface area (Å²) in [6.07, 6.45) is 1.99. The van der Waals surface area contributed by atoms with Gasteiger partial charge in [0.05, 0.1) is 11.3 Å². The third kappa shape index (κ3) is 4.98. The summed E-state index contributed by atoms with van der Waals surface area (Å²) < 4.78 is 16.2. The fourth-order valence-electron chi connectivity index (χ4n) is 3.02. The molecule has 5 nitrogen and oxygen atoms in total. The molecule has 0 unspecified atom stereocenters. The van der Waals surface area contributed by atoms with Gasteiger partial charge in [-0.15, -0.1) is 22.0 Å². The Labute approximate surface area is 188 Å². The van der Waals surface area contributed by atoms with Gasteiger partial charge in [-0.1, -0.05) is 48.2 Å². The largest absolute Gasteiger partial charge is 0.325 e. The molecule has 1 heterocycles. The van der Waals surface area contributed by atoms with Gasteiger partial charge >= 0.3 is 0 Å². The lowest BCUT2D eigenvalue weighted by molar-refractivity contribution is -0.113. The zero-order valence-electron chi connectivity index (χ0n) is 16.7. The van der Waals surface area contributed by atoms with Gasteiger partial charge in [0, 0.05) is 16.3 Å². The first-order valence-electron chi connectivity index (χ1n) is 9.48. The summed E-state index contributed by atoms with van der Waals surface area (Å²) in [6, 6.07) is 23.6. The first-order chi connectivity index (χ1) is 15.2. The third-order valence-corrected chi connectivity index (χ3v) is 6.10. The van der Waals surface area contributed by atoms with Crippen LogP contribution in [0, 0.1) is 5.82 Å². The van der Waals surface area contributed by atoms with Crippen LogP contribution in [0.2, 0.25) is 0 Å². The standard InChI is InChI=1S/C23H19FN4OS2/c1-30-18-11-7-8-16(14-18)25-21(29)15-31-23-27-26-22(19-12-5-6-13-20(19)24)28(23)17-9-3-2-4-10-17/h2-14H,15H2,1H3,(H,25,29). The molecule has 31 heavy (non-hydrogen) atoms. The van der Waals surface area contributed by atoms with Crippen LogP contribution in [0.1, 0.15) is 0 Å². The van der Waals surface area contributed by atoms with E-state index in [1.807, 2.05) is 60.9 Å². The number of carbonyl (C=O) groups excluding carboxylic acids is 1. The van der Waals surface area contributed by atoms with Crippen LogP contribution < -0.4 is 5.32 Å². The molecule has 3 aromatic carbocycles. The van der Waals surface area contributed by atoms with Crippen LogP contribution in [-0.2, 0) is 4.79 Å². The number of anilines is 1. The molecule has 156 valence electrons. The van der Waals surface area contributed by atoms with Crippen LogP contribution in [0.15, 0.2) is 88.9 Å². The topological polar surface area (TPSA) is 59.8 Å². The number of benzene rings is 3. The molecule has 0 saturated carbocycles. The highest BCUT2D eigenvalue weighted by molar-refractivity contribution is 7.99. The molecule has 0 saturated heterocycles. The Balaban J connectivity index is 1.58. The Morgan fingerprint density at radius 3 is 2.55 bits per heavy atom. The highest BCUT2D eigenvalue weighted by atomic mass is 32.2. The fourth-order valence-corrected chi connectivity index (χ4v) is 4.23. The summed E-state index contributed by atoms with van der Waals surface area (Å²) in [5.74, 6) is -0.000574. The maximum atomic E-state index is 14.4. The summed E-state index contributed by atoms with van der Waals surface area (Å²) in [6.45, 7) is 0. The second kappa shape index (κ2) is 9.80. The van der Waals surface area contributed by atoms with Gasteiger partial charge < -0.3 is 5.32 Å². The van der Waals surface area contributed by atoms with Crippen molar-refractivity contribution >= 4 is 35.1 Å². The average Bonchev–Trinajstić information content (AvgIpc) is 3.22. The summed E-state index contributed by atoms with van der Waals surface area (Å²) in [7, 11) is 0. The lowest BCUT2D eigenvalue weighted by Crippen LogP contribution is -2.14. The van der Waals surface area contributed by atoms with Crippen molar-refractivity contribution in [1.82, 2.24) is 14.8 Å². The number of hydrogen-bond donors (Lipinski definition) is 1. The van der Waals surface area contributed by atoms with Crippen LogP contribution in [0.3, 0.4) is 0 Å². The quantitative estimate of drug-likeness (QED) is 0.375. The van der Waals surface area contributed by atoms with E-state index in [1.165, 1.54) is 17.8 Å². The lowest BCUT2D eigenvalue weighted by atomic mass is 10.2. The van der Waals surface area contributed by atoms with E-state index in [4.69, 9.17) is 0 Å². The summed E-state index contributed by atoms with van der Waals surface area (Å²) in [4.78, 5) is 13.6. The molecule has 1 aromatic heterocycles. The minimum absolute atomic E-state index is 0.145. The van der Waals surface area contributed by atoms with E-state index in [2.05, 4.69) is 15.5 Å². The zero-order valence-corrected chi connectivity index (χ0v) is 18.3. The predicted octanol–water partition coefficient (Wildman–Crippen LogP) is 5.53. The number of para-hydroxylation sites is 1. The molecular weight excluding hydrogens is 431 g/mol. The van der Waals surface area contributed by atoms with Crippen molar-refractivity contribution in [3.8, 4) is 17.1 Å². The first kappa shape index (κ1) is 21.1. The number of halogens is 1. The Morgan fingerprint density at radius 2 is 1.77 bits per heavy atom. The van der Waals surface area contributed by atoms with Crippen molar-refractivity contribution in [2.45, 2.75) is 10.1 Å². The number of carbonyl (C=O) groups is 1. The Kier molecular flexibility index (Phi) is 6.69. The van der Waals surface area contributed by atoms with E-state index < -0.39 is 0 Å². The lowest BCUT2D eigenvalue weighted by Gasteiger charge is -2.11. The van der Waals surface area contributed by atoms with Crippen molar-refractivity contribution < 1.29 is 9.18 Å². The summed E-state index contributed by atoms with van der Waals surface area (Å²) in [5, 5.41) is 11.9. The van der Waals surface area contributed by atoms with Crippen molar-refractivity contribution in [3.05, 3.63) is 84.7 Å². The summed E-state index contributed by atoms with van der Waals surface area (Å²) >= 11 is 2.86. The second-order valence-electron chi connectivity index (χ2n) is 6.53. The number of rotatable bonds is 7. The molecule has 4 aromatic rings. The first-order valence-corrected chi connectivity index (χ1v) is 11.7. The van der Waals surface area contributed by atoms with Crippen molar-refractivity contribution in [1.29, 1.82) is 0 Å². The maximum Gasteiger partial charge on any atom is 0.234 e. The SMILES string of the molecule is CSc1cccc(NC(=O)CSc2nnc(-c3ccccc3F)n2-c2ccccc2)c1. The molecule has 1 N–H and O–H groups in total. The number of aromatic nitrogens is 3. The van der Waals surface area contributed by atoms with Gasteiger partial charge in [-0.25, -0.2) is 4.39 Å². The molecule has 0 aliphatic rings. The van der Waals surface area contributed by atoms with Crippen molar-refractivity contribution in [3.63, 3.8) is 0 Å². The van der Waals surface area contributed by atoms with Crippen LogP contribution in [0.25, 0.3) is 17.1 Å². The molecule has 1 amide bonds. The van der Waals surface area contributed by atoms with Crippen molar-refractivity contribution in [2.24, 2.45) is 0 Å². The zero-order chi connectivity index (χ0) is 21.6. The molecule has 0 bridgehead atoms. The molecule has 0 spiro atoms. The van der Waals surface area contributed by atoms with E-state index in [0.29, 0.717) is 16.5 Å². The minimum Gasteiger partial charge on any atom is -0.325 e. The molecule has 0 radical (unpaired) electrons. The molecule has 4 rings (SSSR count). The van der Waals surface area contributed by atoms with Crippen LogP contribution in [-0.4, -0.2) is 32.7 Å². The normalized spacial score (nSPS) is 10.8. The molecule has 0 atom stereocenters. The number of thioether (sulfide) groups is 2. The van der Waals surface area contributed by atoms with Gasteiger partial charge in [0.15, 0.2) is 11.0 Å². The molecule has 0 aliphatic carbocycles. The molecular formula is C23H19FN4OS2. The van der Waals surface area contributed by atoms with Crippen LogP contribution in [0.5, 0.6) is 0 Å². The van der Waals surface area contributed by atoms with Crippen LogP contribution >= 0.6 is 23.5 Å².